The average Bonchev–Trinajstić information content (AvgIpc) is 2.55. The Hall–Kier alpha value is -2.10. The maximum atomic E-state index is 5.72. The van der Waals surface area contributed by atoms with Gasteiger partial charge in [0.15, 0.2) is 0 Å². The van der Waals surface area contributed by atoms with E-state index in [1.54, 1.807) is 0 Å². The Balaban J connectivity index is 1.90. The van der Waals surface area contributed by atoms with Crippen LogP contribution in [0.3, 0.4) is 0 Å². The number of nitrogens with zero attached hydrogens (tertiary/aromatic N) is 2. The first-order valence-corrected chi connectivity index (χ1v) is 7.64. The molecule has 2 heterocycles. The summed E-state index contributed by atoms with van der Waals surface area (Å²) in [6.07, 6.45) is 4.60. The standard InChI is InChI=1S/C17H21N3O/c1-3-12-11-18-14(4-2)17(19-12)20-15-9-10-21-16-8-6-5-7-13(15)16/h5-8,11,15H,3-4,9-10H2,1-2H3,(H,19,20). The van der Waals surface area contributed by atoms with Gasteiger partial charge in [0.2, 0.25) is 0 Å². The van der Waals surface area contributed by atoms with Crippen LogP contribution in [0.25, 0.3) is 0 Å². The lowest BCUT2D eigenvalue weighted by Crippen LogP contribution is -2.21. The minimum Gasteiger partial charge on any atom is -0.493 e. The van der Waals surface area contributed by atoms with Gasteiger partial charge in [-0.25, -0.2) is 4.98 Å². The molecule has 21 heavy (non-hydrogen) atoms. The molecule has 1 aromatic carbocycles. The number of anilines is 1. The highest BCUT2D eigenvalue weighted by Crippen LogP contribution is 2.34. The Labute approximate surface area is 125 Å². The molecule has 1 aliphatic rings. The van der Waals surface area contributed by atoms with Crippen LogP contribution in [0.4, 0.5) is 5.82 Å². The van der Waals surface area contributed by atoms with Crippen molar-refractivity contribution in [3.05, 3.63) is 47.4 Å². The summed E-state index contributed by atoms with van der Waals surface area (Å²) in [5, 5.41) is 3.58. The highest BCUT2D eigenvalue weighted by molar-refractivity contribution is 5.47. The van der Waals surface area contributed by atoms with Gasteiger partial charge >= 0.3 is 0 Å². The molecule has 0 fully saturated rings. The van der Waals surface area contributed by atoms with Gasteiger partial charge in [0, 0.05) is 18.2 Å². The zero-order chi connectivity index (χ0) is 14.7. The van der Waals surface area contributed by atoms with Crippen LogP contribution >= 0.6 is 0 Å². The zero-order valence-corrected chi connectivity index (χ0v) is 12.6. The number of rotatable bonds is 4. The van der Waals surface area contributed by atoms with Gasteiger partial charge in [0.05, 0.1) is 24.0 Å². The second-order valence-electron chi connectivity index (χ2n) is 5.24. The average molecular weight is 283 g/mol. The number of ether oxygens (including phenoxy) is 1. The van der Waals surface area contributed by atoms with Gasteiger partial charge in [-0.05, 0) is 18.9 Å². The van der Waals surface area contributed by atoms with E-state index in [0.717, 1.165) is 48.8 Å². The minimum atomic E-state index is 0.238. The number of fused-ring (bicyclic) bond motifs is 1. The first kappa shape index (κ1) is 13.9. The summed E-state index contributed by atoms with van der Waals surface area (Å²) in [4.78, 5) is 9.25. The van der Waals surface area contributed by atoms with Gasteiger partial charge in [-0.3, -0.25) is 4.98 Å². The van der Waals surface area contributed by atoms with Gasteiger partial charge in [-0.1, -0.05) is 32.0 Å². The lowest BCUT2D eigenvalue weighted by atomic mass is 10.0. The smallest absolute Gasteiger partial charge is 0.148 e. The molecule has 1 N–H and O–H groups in total. The molecule has 0 amide bonds. The summed E-state index contributed by atoms with van der Waals surface area (Å²) in [7, 11) is 0. The summed E-state index contributed by atoms with van der Waals surface area (Å²) >= 11 is 0. The largest absolute Gasteiger partial charge is 0.493 e. The first-order valence-electron chi connectivity index (χ1n) is 7.64. The second-order valence-corrected chi connectivity index (χ2v) is 5.24. The topological polar surface area (TPSA) is 47.0 Å². The van der Waals surface area contributed by atoms with Crippen molar-refractivity contribution >= 4 is 5.82 Å². The Morgan fingerprint density at radius 2 is 2.10 bits per heavy atom. The van der Waals surface area contributed by atoms with Gasteiger partial charge in [-0.2, -0.15) is 0 Å². The lowest BCUT2D eigenvalue weighted by molar-refractivity contribution is 0.274. The predicted molar refractivity (Wildman–Crippen MR) is 83.7 cm³/mol. The van der Waals surface area contributed by atoms with E-state index in [-0.39, 0.29) is 6.04 Å². The maximum absolute atomic E-state index is 5.72. The molecule has 3 rings (SSSR count). The fourth-order valence-electron chi connectivity index (χ4n) is 2.65. The van der Waals surface area contributed by atoms with Crippen LogP contribution in [0.2, 0.25) is 0 Å². The van der Waals surface area contributed by atoms with E-state index < -0.39 is 0 Å². The van der Waals surface area contributed by atoms with Crippen molar-refractivity contribution < 1.29 is 4.74 Å². The molecule has 0 spiro atoms. The zero-order valence-electron chi connectivity index (χ0n) is 12.6. The molecule has 4 heteroatoms. The molecular formula is C17H21N3O. The van der Waals surface area contributed by atoms with Crippen molar-refractivity contribution in [2.75, 3.05) is 11.9 Å². The third-order valence-corrected chi connectivity index (χ3v) is 3.86. The van der Waals surface area contributed by atoms with Crippen molar-refractivity contribution in [1.29, 1.82) is 0 Å². The molecule has 2 aromatic rings. The normalized spacial score (nSPS) is 17.0. The summed E-state index contributed by atoms with van der Waals surface area (Å²) in [5.41, 5.74) is 3.25. The van der Waals surface area contributed by atoms with Gasteiger partial charge < -0.3 is 10.1 Å². The number of para-hydroxylation sites is 1. The Morgan fingerprint density at radius 3 is 2.90 bits per heavy atom. The molecular weight excluding hydrogens is 262 g/mol. The van der Waals surface area contributed by atoms with Crippen molar-refractivity contribution in [2.45, 2.75) is 39.2 Å². The van der Waals surface area contributed by atoms with E-state index in [4.69, 9.17) is 9.72 Å². The van der Waals surface area contributed by atoms with Crippen LogP contribution < -0.4 is 10.1 Å². The monoisotopic (exact) mass is 283 g/mol. The number of benzene rings is 1. The van der Waals surface area contributed by atoms with Gasteiger partial charge in [0.25, 0.3) is 0 Å². The molecule has 1 atom stereocenters. The minimum absolute atomic E-state index is 0.238. The van der Waals surface area contributed by atoms with Crippen LogP contribution in [0.5, 0.6) is 5.75 Å². The van der Waals surface area contributed by atoms with E-state index in [1.165, 1.54) is 5.56 Å². The van der Waals surface area contributed by atoms with Crippen molar-refractivity contribution in [1.82, 2.24) is 9.97 Å². The summed E-state index contributed by atoms with van der Waals surface area (Å²) in [5.74, 6) is 1.89. The first-order chi connectivity index (χ1) is 10.3. The van der Waals surface area contributed by atoms with Crippen LogP contribution in [-0.2, 0) is 12.8 Å². The fraction of sp³-hybridized carbons (Fsp3) is 0.412. The van der Waals surface area contributed by atoms with Gasteiger partial charge in [0.1, 0.15) is 11.6 Å². The highest BCUT2D eigenvalue weighted by atomic mass is 16.5. The molecule has 110 valence electrons. The van der Waals surface area contributed by atoms with Gasteiger partial charge in [-0.15, -0.1) is 0 Å². The molecule has 4 nitrogen and oxygen atoms in total. The summed E-state index contributed by atoms with van der Waals surface area (Å²) < 4.78 is 5.72. The van der Waals surface area contributed by atoms with Crippen molar-refractivity contribution in [3.63, 3.8) is 0 Å². The predicted octanol–water partition coefficient (Wildman–Crippen LogP) is 3.54. The molecule has 0 saturated carbocycles. The third kappa shape index (κ3) is 2.84. The number of hydrogen-bond acceptors (Lipinski definition) is 4. The Morgan fingerprint density at radius 1 is 1.24 bits per heavy atom. The molecule has 0 aliphatic carbocycles. The number of aryl methyl sites for hydroxylation is 2. The van der Waals surface area contributed by atoms with E-state index in [1.807, 2.05) is 18.3 Å². The lowest BCUT2D eigenvalue weighted by Gasteiger charge is -2.27. The number of aromatic nitrogens is 2. The van der Waals surface area contributed by atoms with Crippen LogP contribution in [0.15, 0.2) is 30.5 Å². The fourth-order valence-corrected chi connectivity index (χ4v) is 2.65. The molecule has 0 radical (unpaired) electrons. The van der Waals surface area contributed by atoms with Crippen molar-refractivity contribution in [2.24, 2.45) is 0 Å². The van der Waals surface area contributed by atoms with Crippen LogP contribution in [0, 0.1) is 0 Å². The van der Waals surface area contributed by atoms with E-state index in [9.17, 15) is 0 Å². The van der Waals surface area contributed by atoms with Crippen molar-refractivity contribution in [3.8, 4) is 5.75 Å². The second kappa shape index (κ2) is 6.12. The molecule has 0 bridgehead atoms. The Kier molecular flexibility index (Phi) is 4.04. The number of hydrogen-bond donors (Lipinski definition) is 1. The highest BCUT2D eigenvalue weighted by Gasteiger charge is 2.22. The van der Waals surface area contributed by atoms with E-state index >= 15 is 0 Å². The molecule has 1 aliphatic heterocycles. The van der Waals surface area contributed by atoms with E-state index in [0.29, 0.717) is 0 Å². The SMILES string of the molecule is CCc1cnc(CC)c(NC2CCOc3ccccc32)n1. The quantitative estimate of drug-likeness (QED) is 0.932. The molecule has 0 saturated heterocycles. The number of nitrogens with one attached hydrogen (secondary N) is 1. The maximum Gasteiger partial charge on any atom is 0.148 e. The molecule has 1 unspecified atom stereocenters. The van der Waals surface area contributed by atoms with E-state index in [2.05, 4.69) is 36.3 Å². The Bertz CT molecular complexity index is 627. The third-order valence-electron chi connectivity index (χ3n) is 3.86. The van der Waals surface area contributed by atoms with Crippen LogP contribution in [-0.4, -0.2) is 16.6 Å². The summed E-state index contributed by atoms with van der Waals surface area (Å²) in [6.45, 7) is 4.94. The molecule has 1 aromatic heterocycles. The van der Waals surface area contributed by atoms with Crippen LogP contribution in [0.1, 0.15) is 43.3 Å². The summed E-state index contributed by atoms with van der Waals surface area (Å²) in [6, 6.07) is 8.45.